The Hall–Kier alpha value is -4.20. The Kier molecular flexibility index (Phi) is 7.72. The first kappa shape index (κ1) is 29.9. The van der Waals surface area contributed by atoms with Gasteiger partial charge in [0.1, 0.15) is 25.8 Å². The lowest BCUT2D eigenvalue weighted by molar-refractivity contribution is -0.172. The van der Waals surface area contributed by atoms with Crippen LogP contribution in [0.1, 0.15) is 66.1 Å². The Morgan fingerprint density at radius 1 is 1.20 bits per heavy atom. The van der Waals surface area contributed by atoms with Crippen molar-refractivity contribution in [3.8, 4) is 11.4 Å². The van der Waals surface area contributed by atoms with Crippen LogP contribution in [0, 0.1) is 12.7 Å². The van der Waals surface area contributed by atoms with Crippen LogP contribution in [0.4, 0.5) is 4.39 Å². The van der Waals surface area contributed by atoms with Gasteiger partial charge in [-0.2, -0.15) is 0 Å². The van der Waals surface area contributed by atoms with Gasteiger partial charge in [0.25, 0.3) is 5.56 Å². The molecule has 1 aromatic carbocycles. The first-order valence-corrected chi connectivity index (χ1v) is 14.7. The van der Waals surface area contributed by atoms with Gasteiger partial charge in [-0.15, -0.1) is 0 Å². The van der Waals surface area contributed by atoms with Gasteiger partial charge in [0.05, 0.1) is 41.6 Å². The van der Waals surface area contributed by atoms with E-state index in [9.17, 15) is 24.3 Å². The number of aryl methyl sites for hydroxylation is 1. The number of carbonyl (C=O) groups is 3. The summed E-state index contributed by atoms with van der Waals surface area (Å²) in [4.78, 5) is 55.9. The lowest BCUT2D eigenvalue weighted by Gasteiger charge is -2.31. The normalized spacial score (nSPS) is 19.7. The number of aliphatic hydroxyl groups is 1. The summed E-state index contributed by atoms with van der Waals surface area (Å²) in [5, 5.41) is 20.5. The predicted molar refractivity (Wildman–Crippen MR) is 156 cm³/mol. The highest BCUT2D eigenvalue weighted by Crippen LogP contribution is 2.45. The molecular weight excluding hydrogens is 573 g/mol. The fraction of sp³-hybridized carbons (Fsp3) is 0.452. The van der Waals surface area contributed by atoms with Crippen LogP contribution < -0.4 is 21.5 Å². The van der Waals surface area contributed by atoms with Crippen LogP contribution in [0.25, 0.3) is 22.3 Å². The number of aromatic nitrogens is 2. The van der Waals surface area contributed by atoms with E-state index in [1.54, 1.807) is 19.9 Å². The molecule has 0 saturated heterocycles. The molecule has 0 fully saturated rings. The monoisotopic (exact) mass is 607 g/mol. The molecule has 1 aliphatic carbocycles. The largest absolute Gasteiger partial charge is 0.458 e. The van der Waals surface area contributed by atoms with Gasteiger partial charge in [0, 0.05) is 22.6 Å². The minimum Gasteiger partial charge on any atom is -0.458 e. The summed E-state index contributed by atoms with van der Waals surface area (Å²) in [6.07, 6.45) is 0.992. The summed E-state index contributed by atoms with van der Waals surface area (Å²) < 4.78 is 27.2. The number of hydrogen-bond donors (Lipinski definition) is 4. The SMILES string of the molecule is CCNCC(=O)NCOCC(=O)N[C@H]1CCc2c(C)c(F)cc3nc4c(c1c23)Cn1c-4cc2c(c1=O)COC(=O)[C@]2(O)CC. The number of rotatable bonds is 9. The van der Waals surface area contributed by atoms with Crippen LogP contribution in [0.5, 0.6) is 0 Å². The van der Waals surface area contributed by atoms with E-state index >= 15 is 4.39 Å². The maximum absolute atomic E-state index is 15.1. The third-order valence-corrected chi connectivity index (χ3v) is 8.85. The maximum atomic E-state index is 15.1. The summed E-state index contributed by atoms with van der Waals surface area (Å²) in [6, 6.07) is 2.49. The van der Waals surface area contributed by atoms with Crippen LogP contribution in [0.15, 0.2) is 16.9 Å². The Labute approximate surface area is 251 Å². The van der Waals surface area contributed by atoms with Crippen molar-refractivity contribution < 1.29 is 33.4 Å². The molecule has 2 amide bonds. The highest BCUT2D eigenvalue weighted by Gasteiger charge is 2.46. The van der Waals surface area contributed by atoms with Gasteiger partial charge in [-0.25, -0.2) is 14.2 Å². The topological polar surface area (TPSA) is 161 Å². The summed E-state index contributed by atoms with van der Waals surface area (Å²) in [5.41, 5.74) is 1.99. The summed E-state index contributed by atoms with van der Waals surface area (Å²) in [7, 11) is 0. The number of halogens is 1. The molecule has 232 valence electrons. The van der Waals surface area contributed by atoms with Crippen molar-refractivity contribution in [2.24, 2.45) is 0 Å². The number of carbonyl (C=O) groups excluding carboxylic acids is 3. The van der Waals surface area contributed by atoms with Gasteiger partial charge in [-0.1, -0.05) is 13.8 Å². The lowest BCUT2D eigenvalue weighted by atomic mass is 9.81. The molecule has 0 radical (unpaired) electrons. The van der Waals surface area contributed by atoms with Crippen LogP contribution in [0.2, 0.25) is 0 Å². The zero-order valence-corrected chi connectivity index (χ0v) is 24.8. The minimum absolute atomic E-state index is 0.00825. The number of esters is 1. The second-order valence-corrected chi connectivity index (χ2v) is 11.3. The van der Waals surface area contributed by atoms with Crippen LogP contribution in [-0.4, -0.2) is 58.9 Å². The van der Waals surface area contributed by atoms with Crippen molar-refractivity contribution in [2.75, 3.05) is 26.4 Å². The average molecular weight is 608 g/mol. The average Bonchev–Trinajstić information content (AvgIpc) is 3.38. The molecule has 0 saturated carbocycles. The van der Waals surface area contributed by atoms with Crippen LogP contribution >= 0.6 is 0 Å². The molecule has 2 atom stereocenters. The number of pyridine rings is 2. The van der Waals surface area contributed by atoms with Gasteiger partial charge >= 0.3 is 5.97 Å². The fourth-order valence-electron chi connectivity index (χ4n) is 6.51. The van der Waals surface area contributed by atoms with E-state index in [0.717, 1.165) is 16.5 Å². The molecule has 0 unspecified atom stereocenters. The van der Waals surface area contributed by atoms with Crippen molar-refractivity contribution in [1.29, 1.82) is 0 Å². The summed E-state index contributed by atoms with van der Waals surface area (Å²) in [6.45, 7) is 5.50. The smallest absolute Gasteiger partial charge is 0.343 e. The van der Waals surface area contributed by atoms with E-state index < -0.39 is 34.9 Å². The van der Waals surface area contributed by atoms with Crippen molar-refractivity contribution in [1.82, 2.24) is 25.5 Å². The Balaban J connectivity index is 1.38. The van der Waals surface area contributed by atoms with E-state index in [4.69, 9.17) is 14.5 Å². The molecule has 3 aliphatic rings. The lowest BCUT2D eigenvalue weighted by Crippen LogP contribution is -2.44. The molecular formula is C31H34FN5O7. The zero-order chi connectivity index (χ0) is 31.3. The number of ether oxygens (including phenoxy) is 2. The summed E-state index contributed by atoms with van der Waals surface area (Å²) in [5.74, 6) is -1.87. The van der Waals surface area contributed by atoms with E-state index in [1.165, 1.54) is 10.6 Å². The van der Waals surface area contributed by atoms with Gasteiger partial charge in [-0.05, 0) is 55.5 Å². The number of hydrogen-bond acceptors (Lipinski definition) is 9. The van der Waals surface area contributed by atoms with E-state index in [1.807, 2.05) is 6.92 Å². The highest BCUT2D eigenvalue weighted by molar-refractivity contribution is 5.94. The van der Waals surface area contributed by atoms with Gasteiger partial charge in [0.15, 0.2) is 5.60 Å². The number of nitrogens with zero attached hydrogens (tertiary/aromatic N) is 2. The molecule has 44 heavy (non-hydrogen) atoms. The van der Waals surface area contributed by atoms with E-state index in [2.05, 4.69) is 16.0 Å². The first-order valence-electron chi connectivity index (χ1n) is 14.7. The maximum Gasteiger partial charge on any atom is 0.343 e. The third kappa shape index (κ3) is 4.75. The molecule has 4 heterocycles. The van der Waals surface area contributed by atoms with E-state index in [0.29, 0.717) is 47.4 Å². The molecule has 0 bridgehead atoms. The standard InChI is InChI=1S/C31H34FN5O7/c1-4-31(42)19-8-23-28-17(11-37(23)29(40)18(19)12-44-30(31)41)27-21(35-25(39)13-43-14-34-24(38)10-33-5-2)7-6-16-15(3)20(32)9-22(36-28)26(16)27/h8-9,21,33,42H,4-7,10-14H2,1-3H3,(H,34,38)(H,35,39)/t21-,31-/m0/s1. The quantitative estimate of drug-likeness (QED) is 0.125. The molecule has 0 spiro atoms. The first-order chi connectivity index (χ1) is 21.1. The molecule has 6 rings (SSSR count). The predicted octanol–water partition coefficient (Wildman–Crippen LogP) is 1.33. The highest BCUT2D eigenvalue weighted by atomic mass is 19.1. The Morgan fingerprint density at radius 2 is 2.00 bits per heavy atom. The number of nitrogens with one attached hydrogen (secondary N) is 3. The second kappa shape index (κ2) is 11.4. The Bertz CT molecular complexity index is 1790. The van der Waals surface area contributed by atoms with Crippen molar-refractivity contribution in [3.63, 3.8) is 0 Å². The Morgan fingerprint density at radius 3 is 2.75 bits per heavy atom. The molecule has 4 N–H and O–H groups in total. The molecule has 12 nitrogen and oxygen atoms in total. The van der Waals surface area contributed by atoms with Crippen LogP contribution in [0.3, 0.4) is 0 Å². The van der Waals surface area contributed by atoms with Crippen molar-refractivity contribution in [3.05, 3.63) is 61.7 Å². The second-order valence-electron chi connectivity index (χ2n) is 11.3. The molecule has 2 aromatic heterocycles. The number of benzene rings is 1. The third-order valence-electron chi connectivity index (χ3n) is 8.85. The fourth-order valence-corrected chi connectivity index (χ4v) is 6.51. The number of cyclic esters (lactones) is 1. The number of fused-ring (bicyclic) bond motifs is 5. The van der Waals surface area contributed by atoms with Gasteiger partial charge in [-0.3, -0.25) is 14.4 Å². The molecule has 2 aliphatic heterocycles. The minimum atomic E-state index is -1.98. The summed E-state index contributed by atoms with van der Waals surface area (Å²) >= 11 is 0. The zero-order valence-electron chi connectivity index (χ0n) is 24.8. The van der Waals surface area contributed by atoms with Crippen molar-refractivity contribution in [2.45, 2.75) is 64.8 Å². The number of amides is 2. The van der Waals surface area contributed by atoms with Crippen molar-refractivity contribution >= 4 is 28.7 Å². The number of likely N-dealkylation sites (N-methyl/N-ethyl adjacent to an activating group) is 1. The van der Waals surface area contributed by atoms with E-state index in [-0.39, 0.29) is 56.5 Å². The van der Waals surface area contributed by atoms with Gasteiger partial charge in [0.2, 0.25) is 11.8 Å². The molecule has 3 aromatic rings. The van der Waals surface area contributed by atoms with Crippen LogP contribution in [-0.2, 0) is 49.0 Å². The molecule has 13 heteroatoms. The van der Waals surface area contributed by atoms with Gasteiger partial charge < -0.3 is 35.1 Å².